The van der Waals surface area contributed by atoms with Gasteiger partial charge < -0.3 is 9.80 Å². The molecular weight excluding hydrogens is 292 g/mol. The first kappa shape index (κ1) is 22.0. The molecule has 0 heterocycles. The zero-order valence-electron chi connectivity index (χ0n) is 16.9. The zero-order chi connectivity index (χ0) is 18.5. The van der Waals surface area contributed by atoms with Gasteiger partial charge >= 0.3 is 0 Å². The highest BCUT2D eigenvalue weighted by Gasteiger charge is 2.02. The van der Waals surface area contributed by atoms with E-state index in [9.17, 15) is 0 Å². The Morgan fingerprint density at radius 1 is 0.542 bits per heavy atom. The van der Waals surface area contributed by atoms with Gasteiger partial charge in [0.25, 0.3) is 0 Å². The Kier molecular flexibility index (Phi) is 11.4. The second kappa shape index (κ2) is 12.5. The smallest absolute Gasteiger partial charge is 0.0363 e. The predicted molar refractivity (Wildman–Crippen MR) is 112 cm³/mol. The van der Waals surface area contributed by atoms with Gasteiger partial charge in [-0.3, -0.25) is 0 Å². The van der Waals surface area contributed by atoms with Crippen molar-refractivity contribution in [2.45, 2.75) is 41.5 Å². The number of hydrogen-bond donors (Lipinski definition) is 0. The van der Waals surface area contributed by atoms with Crippen molar-refractivity contribution in [3.63, 3.8) is 0 Å². The minimum absolute atomic E-state index is 1.03. The summed E-state index contributed by atoms with van der Waals surface area (Å²) in [5.41, 5.74) is 5.06. The Hall–Kier alpha value is -1.96. The second-order valence-electron chi connectivity index (χ2n) is 5.12. The SMILES string of the molecule is CC.CC.CCN(C)c1ccc(-c2ccc(N(C)CC)cc2)cc1. The first-order valence-corrected chi connectivity index (χ1v) is 9.28. The van der Waals surface area contributed by atoms with Crippen LogP contribution in [0.15, 0.2) is 48.5 Å². The van der Waals surface area contributed by atoms with Crippen LogP contribution in [-0.4, -0.2) is 27.2 Å². The van der Waals surface area contributed by atoms with Crippen molar-refractivity contribution >= 4 is 11.4 Å². The molecule has 2 aromatic rings. The van der Waals surface area contributed by atoms with Gasteiger partial charge in [0.1, 0.15) is 0 Å². The van der Waals surface area contributed by atoms with E-state index in [2.05, 4.69) is 86.3 Å². The van der Waals surface area contributed by atoms with E-state index in [0.717, 1.165) is 13.1 Å². The predicted octanol–water partition coefficient (Wildman–Crippen LogP) is 6.32. The fourth-order valence-corrected chi connectivity index (χ4v) is 2.18. The number of anilines is 2. The molecule has 0 aliphatic heterocycles. The van der Waals surface area contributed by atoms with Crippen LogP contribution in [0.3, 0.4) is 0 Å². The molecule has 2 rings (SSSR count). The molecule has 0 unspecified atom stereocenters. The van der Waals surface area contributed by atoms with Gasteiger partial charge in [-0.1, -0.05) is 52.0 Å². The molecule has 0 saturated carbocycles. The standard InChI is InChI=1S/C18H24N2.2C2H6/c1-5-19(3)17-11-7-15(8-12-17)16-9-13-18(14-10-16)20(4)6-2;2*1-2/h7-14H,5-6H2,1-4H3;2*1-2H3. The third-order valence-electron chi connectivity index (χ3n) is 3.90. The minimum atomic E-state index is 1.03. The zero-order valence-corrected chi connectivity index (χ0v) is 16.9. The molecular formula is C22H36N2. The van der Waals surface area contributed by atoms with Crippen molar-refractivity contribution in [1.82, 2.24) is 0 Å². The van der Waals surface area contributed by atoms with Crippen molar-refractivity contribution in [1.29, 1.82) is 0 Å². The Balaban J connectivity index is 0.00000123. The largest absolute Gasteiger partial charge is 0.375 e. The summed E-state index contributed by atoms with van der Waals surface area (Å²) in [6, 6.07) is 17.5. The van der Waals surface area contributed by atoms with E-state index in [1.807, 2.05) is 27.7 Å². The van der Waals surface area contributed by atoms with Crippen LogP contribution >= 0.6 is 0 Å². The number of rotatable bonds is 5. The highest BCUT2D eigenvalue weighted by molar-refractivity contribution is 5.68. The van der Waals surface area contributed by atoms with Gasteiger partial charge in [0.2, 0.25) is 0 Å². The number of hydrogen-bond acceptors (Lipinski definition) is 2. The lowest BCUT2D eigenvalue weighted by Gasteiger charge is -2.18. The average Bonchev–Trinajstić information content (AvgIpc) is 2.70. The summed E-state index contributed by atoms with van der Waals surface area (Å²) >= 11 is 0. The normalized spacial score (nSPS) is 9.17. The van der Waals surface area contributed by atoms with E-state index in [4.69, 9.17) is 0 Å². The Bertz CT molecular complexity index is 477. The van der Waals surface area contributed by atoms with Gasteiger partial charge in [0.05, 0.1) is 0 Å². The molecule has 2 aromatic carbocycles. The highest BCUT2D eigenvalue weighted by atomic mass is 15.1. The molecule has 0 N–H and O–H groups in total. The molecule has 0 aliphatic rings. The van der Waals surface area contributed by atoms with Crippen LogP contribution < -0.4 is 9.80 Å². The van der Waals surface area contributed by atoms with Gasteiger partial charge in [0, 0.05) is 38.6 Å². The van der Waals surface area contributed by atoms with Crippen LogP contribution in [0.1, 0.15) is 41.5 Å². The monoisotopic (exact) mass is 328 g/mol. The van der Waals surface area contributed by atoms with Crippen LogP contribution in [0.2, 0.25) is 0 Å². The maximum atomic E-state index is 2.24. The van der Waals surface area contributed by atoms with Crippen molar-refractivity contribution < 1.29 is 0 Å². The van der Waals surface area contributed by atoms with Crippen LogP contribution in [-0.2, 0) is 0 Å². The van der Waals surface area contributed by atoms with E-state index in [1.54, 1.807) is 0 Å². The molecule has 0 amide bonds. The lowest BCUT2D eigenvalue weighted by Crippen LogP contribution is -2.15. The summed E-state index contributed by atoms with van der Waals surface area (Å²) in [6.45, 7) is 14.4. The van der Waals surface area contributed by atoms with Crippen LogP contribution in [0.5, 0.6) is 0 Å². The van der Waals surface area contributed by atoms with E-state index in [0.29, 0.717) is 0 Å². The summed E-state index contributed by atoms with van der Waals surface area (Å²) in [6.07, 6.45) is 0. The van der Waals surface area contributed by atoms with Gasteiger partial charge in [-0.25, -0.2) is 0 Å². The van der Waals surface area contributed by atoms with Crippen LogP contribution in [0.4, 0.5) is 11.4 Å². The molecule has 2 nitrogen and oxygen atoms in total. The average molecular weight is 329 g/mol. The van der Waals surface area contributed by atoms with Crippen molar-refractivity contribution in [2.24, 2.45) is 0 Å². The van der Waals surface area contributed by atoms with Gasteiger partial charge in [0.15, 0.2) is 0 Å². The van der Waals surface area contributed by atoms with Crippen molar-refractivity contribution in [3.8, 4) is 11.1 Å². The molecule has 0 atom stereocenters. The van der Waals surface area contributed by atoms with Crippen molar-refractivity contribution in [3.05, 3.63) is 48.5 Å². The van der Waals surface area contributed by atoms with Crippen molar-refractivity contribution in [2.75, 3.05) is 37.0 Å². The highest BCUT2D eigenvalue weighted by Crippen LogP contribution is 2.25. The molecule has 0 spiro atoms. The van der Waals surface area contributed by atoms with Gasteiger partial charge in [-0.2, -0.15) is 0 Å². The number of nitrogens with zero attached hydrogens (tertiary/aromatic N) is 2. The maximum absolute atomic E-state index is 2.24. The molecule has 0 aliphatic carbocycles. The lowest BCUT2D eigenvalue weighted by molar-refractivity contribution is 0.968. The fourth-order valence-electron chi connectivity index (χ4n) is 2.18. The van der Waals surface area contributed by atoms with Crippen LogP contribution in [0.25, 0.3) is 11.1 Å². The second-order valence-corrected chi connectivity index (χ2v) is 5.12. The van der Waals surface area contributed by atoms with E-state index in [1.165, 1.54) is 22.5 Å². The van der Waals surface area contributed by atoms with E-state index < -0.39 is 0 Å². The van der Waals surface area contributed by atoms with E-state index >= 15 is 0 Å². The first-order valence-electron chi connectivity index (χ1n) is 9.28. The third-order valence-corrected chi connectivity index (χ3v) is 3.90. The molecule has 0 fully saturated rings. The van der Waals surface area contributed by atoms with Gasteiger partial charge in [-0.15, -0.1) is 0 Å². The Labute approximate surface area is 150 Å². The molecule has 134 valence electrons. The Morgan fingerprint density at radius 3 is 1.00 bits per heavy atom. The minimum Gasteiger partial charge on any atom is -0.375 e. The lowest BCUT2D eigenvalue weighted by atomic mass is 10.0. The third kappa shape index (κ3) is 6.27. The number of benzene rings is 2. The molecule has 24 heavy (non-hydrogen) atoms. The summed E-state index contributed by atoms with van der Waals surface area (Å²) in [7, 11) is 4.23. The summed E-state index contributed by atoms with van der Waals surface area (Å²) in [5.74, 6) is 0. The Morgan fingerprint density at radius 2 is 0.792 bits per heavy atom. The van der Waals surface area contributed by atoms with E-state index in [-0.39, 0.29) is 0 Å². The summed E-state index contributed by atoms with van der Waals surface area (Å²) in [5, 5.41) is 0. The van der Waals surface area contributed by atoms with Crippen LogP contribution in [0, 0.1) is 0 Å². The molecule has 0 radical (unpaired) electrons. The molecule has 0 bridgehead atoms. The summed E-state index contributed by atoms with van der Waals surface area (Å²) in [4.78, 5) is 4.48. The molecule has 2 heteroatoms. The fraction of sp³-hybridized carbons (Fsp3) is 0.455. The molecule has 0 aromatic heterocycles. The summed E-state index contributed by atoms with van der Waals surface area (Å²) < 4.78 is 0. The topological polar surface area (TPSA) is 6.48 Å². The van der Waals surface area contributed by atoms with Gasteiger partial charge in [-0.05, 0) is 49.2 Å². The quantitative estimate of drug-likeness (QED) is 0.634. The first-order chi connectivity index (χ1) is 11.7. The molecule has 0 saturated heterocycles. The maximum Gasteiger partial charge on any atom is 0.0363 e.